The summed E-state index contributed by atoms with van der Waals surface area (Å²) < 4.78 is 1.62. The van der Waals surface area contributed by atoms with Crippen LogP contribution < -0.4 is 11.1 Å². The zero-order valence-electron chi connectivity index (χ0n) is 8.18. The molecule has 6 heteroatoms. The lowest BCUT2D eigenvalue weighted by Crippen LogP contribution is -2.38. The van der Waals surface area contributed by atoms with Crippen LogP contribution in [-0.4, -0.2) is 33.5 Å². The largest absolute Gasteiger partial charge is 0.352 e. The smallest absolute Gasteiger partial charge is 0.222 e. The second-order valence-corrected chi connectivity index (χ2v) is 3.12. The third-order valence-electron chi connectivity index (χ3n) is 1.80. The molecule has 0 aliphatic rings. The number of nitrogens with zero attached hydrogens (tertiary/aromatic N) is 3. The number of aryl methyl sites for hydroxylation is 1. The summed E-state index contributed by atoms with van der Waals surface area (Å²) in [6, 6.07) is 0.0262. The maximum Gasteiger partial charge on any atom is 0.222 e. The fourth-order valence-electron chi connectivity index (χ4n) is 0.974. The Morgan fingerprint density at radius 3 is 3.07 bits per heavy atom. The summed E-state index contributed by atoms with van der Waals surface area (Å²) in [4.78, 5) is 11.3. The number of nitrogens with two attached hydrogens (primary N) is 1. The van der Waals surface area contributed by atoms with E-state index in [9.17, 15) is 4.79 Å². The molecule has 0 saturated carbocycles. The zero-order chi connectivity index (χ0) is 10.4. The molecule has 0 bridgehead atoms. The van der Waals surface area contributed by atoms with Crippen molar-refractivity contribution in [2.75, 3.05) is 6.54 Å². The monoisotopic (exact) mass is 197 g/mol. The standard InChI is InChI=1S/C8H15N5O/c1-7(6-9)11-8(14)2-4-13-5-3-10-12-13/h3,5,7H,2,4,6,9H2,1H3,(H,11,14). The van der Waals surface area contributed by atoms with Gasteiger partial charge in [-0.15, -0.1) is 5.10 Å². The van der Waals surface area contributed by atoms with Crippen LogP contribution in [0.25, 0.3) is 0 Å². The molecule has 1 rings (SSSR count). The molecule has 1 unspecified atom stereocenters. The summed E-state index contributed by atoms with van der Waals surface area (Å²) >= 11 is 0. The second kappa shape index (κ2) is 5.33. The number of hydrogen-bond donors (Lipinski definition) is 2. The van der Waals surface area contributed by atoms with Crippen LogP contribution >= 0.6 is 0 Å². The van der Waals surface area contributed by atoms with Gasteiger partial charge in [-0.3, -0.25) is 9.48 Å². The van der Waals surface area contributed by atoms with Crippen molar-refractivity contribution in [1.29, 1.82) is 0 Å². The molecule has 1 aromatic rings. The van der Waals surface area contributed by atoms with E-state index in [0.29, 0.717) is 19.5 Å². The first-order chi connectivity index (χ1) is 6.72. The van der Waals surface area contributed by atoms with Crippen molar-refractivity contribution < 1.29 is 4.79 Å². The fourth-order valence-corrected chi connectivity index (χ4v) is 0.974. The van der Waals surface area contributed by atoms with Crippen molar-refractivity contribution in [3.8, 4) is 0 Å². The molecule has 1 atom stereocenters. The van der Waals surface area contributed by atoms with Crippen molar-refractivity contribution in [3.63, 3.8) is 0 Å². The zero-order valence-corrected chi connectivity index (χ0v) is 8.18. The van der Waals surface area contributed by atoms with Crippen LogP contribution in [0.4, 0.5) is 0 Å². The maximum absolute atomic E-state index is 11.3. The molecule has 0 saturated heterocycles. The minimum Gasteiger partial charge on any atom is -0.352 e. The molecule has 0 spiro atoms. The highest BCUT2D eigenvalue weighted by atomic mass is 16.1. The van der Waals surface area contributed by atoms with Crippen LogP contribution in [0.5, 0.6) is 0 Å². The van der Waals surface area contributed by atoms with Gasteiger partial charge in [0.1, 0.15) is 0 Å². The van der Waals surface area contributed by atoms with Crippen molar-refractivity contribution in [2.45, 2.75) is 25.9 Å². The molecule has 0 aliphatic carbocycles. The Hall–Kier alpha value is -1.43. The first-order valence-electron chi connectivity index (χ1n) is 4.56. The van der Waals surface area contributed by atoms with E-state index in [1.807, 2.05) is 6.92 Å². The molecule has 78 valence electrons. The minimum absolute atomic E-state index is 0.0153. The molecule has 0 radical (unpaired) electrons. The fraction of sp³-hybridized carbons (Fsp3) is 0.625. The van der Waals surface area contributed by atoms with Gasteiger partial charge in [0, 0.05) is 25.2 Å². The van der Waals surface area contributed by atoms with Crippen LogP contribution in [-0.2, 0) is 11.3 Å². The quantitative estimate of drug-likeness (QED) is 0.642. The van der Waals surface area contributed by atoms with Gasteiger partial charge in [0.25, 0.3) is 0 Å². The first kappa shape index (κ1) is 10.6. The highest BCUT2D eigenvalue weighted by Gasteiger charge is 2.05. The topological polar surface area (TPSA) is 85.8 Å². The number of amides is 1. The number of rotatable bonds is 5. The summed E-state index contributed by atoms with van der Waals surface area (Å²) in [5.74, 6) is -0.0153. The van der Waals surface area contributed by atoms with Gasteiger partial charge in [-0.25, -0.2) is 0 Å². The Labute approximate surface area is 82.5 Å². The lowest BCUT2D eigenvalue weighted by molar-refractivity contribution is -0.121. The Morgan fingerprint density at radius 2 is 2.50 bits per heavy atom. The van der Waals surface area contributed by atoms with E-state index in [1.165, 1.54) is 0 Å². The predicted molar refractivity (Wildman–Crippen MR) is 51.3 cm³/mol. The summed E-state index contributed by atoms with van der Waals surface area (Å²) in [5, 5.41) is 10.2. The van der Waals surface area contributed by atoms with Crippen molar-refractivity contribution in [2.24, 2.45) is 5.73 Å². The molecule has 0 aliphatic heterocycles. The van der Waals surface area contributed by atoms with Gasteiger partial charge in [0.05, 0.1) is 12.7 Å². The third-order valence-corrected chi connectivity index (χ3v) is 1.80. The highest BCUT2D eigenvalue weighted by Crippen LogP contribution is 1.88. The van der Waals surface area contributed by atoms with Crippen LogP contribution in [0.15, 0.2) is 12.4 Å². The Morgan fingerprint density at radius 1 is 1.71 bits per heavy atom. The van der Waals surface area contributed by atoms with Crippen LogP contribution in [0.1, 0.15) is 13.3 Å². The Bertz CT molecular complexity index is 271. The average Bonchev–Trinajstić information content (AvgIpc) is 2.67. The second-order valence-electron chi connectivity index (χ2n) is 3.12. The van der Waals surface area contributed by atoms with Crippen LogP contribution in [0.3, 0.4) is 0 Å². The molecule has 3 N–H and O–H groups in total. The van der Waals surface area contributed by atoms with E-state index >= 15 is 0 Å². The number of hydrogen-bond acceptors (Lipinski definition) is 4. The molecular weight excluding hydrogens is 182 g/mol. The molecule has 1 heterocycles. The molecular formula is C8H15N5O. The van der Waals surface area contributed by atoms with E-state index in [2.05, 4.69) is 15.6 Å². The molecule has 14 heavy (non-hydrogen) atoms. The van der Waals surface area contributed by atoms with E-state index in [-0.39, 0.29) is 11.9 Å². The predicted octanol–water partition coefficient (Wildman–Crippen LogP) is -0.868. The van der Waals surface area contributed by atoms with E-state index in [1.54, 1.807) is 17.1 Å². The van der Waals surface area contributed by atoms with Crippen molar-refractivity contribution >= 4 is 5.91 Å². The first-order valence-corrected chi connectivity index (χ1v) is 4.56. The normalized spacial score (nSPS) is 12.4. The molecule has 6 nitrogen and oxygen atoms in total. The van der Waals surface area contributed by atoms with Gasteiger partial charge in [-0.1, -0.05) is 5.21 Å². The van der Waals surface area contributed by atoms with E-state index in [0.717, 1.165) is 0 Å². The van der Waals surface area contributed by atoms with E-state index < -0.39 is 0 Å². The van der Waals surface area contributed by atoms with Gasteiger partial charge in [-0.05, 0) is 6.92 Å². The van der Waals surface area contributed by atoms with Gasteiger partial charge in [0.15, 0.2) is 0 Å². The third kappa shape index (κ3) is 3.53. The number of carbonyl (C=O) groups excluding carboxylic acids is 1. The Kier molecular flexibility index (Phi) is 4.06. The molecule has 1 aromatic heterocycles. The lowest BCUT2D eigenvalue weighted by atomic mass is 10.3. The van der Waals surface area contributed by atoms with Crippen molar-refractivity contribution in [1.82, 2.24) is 20.3 Å². The summed E-state index contributed by atoms with van der Waals surface area (Å²) in [6.45, 7) is 2.87. The van der Waals surface area contributed by atoms with Crippen molar-refractivity contribution in [3.05, 3.63) is 12.4 Å². The highest BCUT2D eigenvalue weighted by molar-refractivity contribution is 5.76. The number of aromatic nitrogens is 3. The van der Waals surface area contributed by atoms with Crippen LogP contribution in [0, 0.1) is 0 Å². The summed E-state index contributed by atoms with van der Waals surface area (Å²) in [7, 11) is 0. The average molecular weight is 197 g/mol. The molecule has 0 aromatic carbocycles. The van der Waals surface area contributed by atoms with E-state index in [4.69, 9.17) is 5.73 Å². The minimum atomic E-state index is -0.0153. The van der Waals surface area contributed by atoms with Gasteiger partial charge >= 0.3 is 0 Å². The SMILES string of the molecule is CC(CN)NC(=O)CCn1ccnn1. The molecule has 0 fully saturated rings. The number of nitrogens with one attached hydrogen (secondary N) is 1. The van der Waals surface area contributed by atoms with Gasteiger partial charge in [-0.2, -0.15) is 0 Å². The van der Waals surface area contributed by atoms with Gasteiger partial charge < -0.3 is 11.1 Å². The lowest BCUT2D eigenvalue weighted by Gasteiger charge is -2.10. The summed E-state index contributed by atoms with van der Waals surface area (Å²) in [5.41, 5.74) is 5.37. The Balaban J connectivity index is 2.22. The van der Waals surface area contributed by atoms with Crippen LogP contribution in [0.2, 0.25) is 0 Å². The molecule has 1 amide bonds. The van der Waals surface area contributed by atoms with Gasteiger partial charge in [0.2, 0.25) is 5.91 Å². The number of carbonyl (C=O) groups is 1. The summed E-state index contributed by atoms with van der Waals surface area (Å²) in [6.07, 6.45) is 3.70. The maximum atomic E-state index is 11.3.